The summed E-state index contributed by atoms with van der Waals surface area (Å²) >= 11 is 0. The van der Waals surface area contributed by atoms with Gasteiger partial charge in [0.2, 0.25) is 0 Å². The molecule has 3 nitrogen and oxygen atoms in total. The molecule has 0 aliphatic rings. The van der Waals surface area contributed by atoms with Gasteiger partial charge in [0.15, 0.2) is 0 Å². The fourth-order valence-corrected chi connectivity index (χ4v) is 1.62. The fraction of sp³-hybridized carbons (Fsp3) is 0.118. The molecule has 2 rings (SSSR count). The summed E-state index contributed by atoms with van der Waals surface area (Å²) in [4.78, 5) is 4.41. The van der Waals surface area contributed by atoms with Crippen LogP contribution in [0.1, 0.15) is 5.56 Å². The van der Waals surface area contributed by atoms with Crippen LogP contribution in [0.3, 0.4) is 0 Å². The summed E-state index contributed by atoms with van der Waals surface area (Å²) < 4.78 is 10.5. The first-order chi connectivity index (χ1) is 9.81. The molecule has 102 valence electrons. The minimum atomic E-state index is 0.513. The molecule has 2 aromatic rings. The molecule has 0 atom stereocenters. The average Bonchev–Trinajstić information content (AvgIpc) is 2.52. The smallest absolute Gasteiger partial charge is 0.119 e. The van der Waals surface area contributed by atoms with Crippen molar-refractivity contribution < 1.29 is 9.47 Å². The Kier molecular flexibility index (Phi) is 4.95. The number of nitrogens with zero attached hydrogens (tertiary/aromatic N) is 1. The first kappa shape index (κ1) is 13.9. The molecule has 0 heterocycles. The van der Waals surface area contributed by atoms with Crippen molar-refractivity contribution in [3.8, 4) is 11.5 Å². The topological polar surface area (TPSA) is 30.8 Å². The molecular weight excluding hydrogens is 250 g/mol. The van der Waals surface area contributed by atoms with Crippen molar-refractivity contribution in [2.24, 2.45) is 4.99 Å². The van der Waals surface area contributed by atoms with Gasteiger partial charge in [-0.1, -0.05) is 12.7 Å². The molecule has 0 spiro atoms. The zero-order valence-electron chi connectivity index (χ0n) is 11.5. The second kappa shape index (κ2) is 7.14. The summed E-state index contributed by atoms with van der Waals surface area (Å²) in [5.41, 5.74) is 1.91. The monoisotopic (exact) mass is 267 g/mol. The van der Waals surface area contributed by atoms with E-state index in [2.05, 4.69) is 11.6 Å². The molecule has 0 saturated carbocycles. The van der Waals surface area contributed by atoms with Crippen LogP contribution in [0.15, 0.2) is 66.2 Å². The highest BCUT2D eigenvalue weighted by atomic mass is 16.5. The van der Waals surface area contributed by atoms with Gasteiger partial charge in [0.25, 0.3) is 0 Å². The maximum Gasteiger partial charge on any atom is 0.119 e. The van der Waals surface area contributed by atoms with E-state index in [0.717, 1.165) is 22.7 Å². The third-order valence-electron chi connectivity index (χ3n) is 2.68. The fourth-order valence-electron chi connectivity index (χ4n) is 1.62. The van der Waals surface area contributed by atoms with Gasteiger partial charge >= 0.3 is 0 Å². The molecule has 0 amide bonds. The zero-order valence-corrected chi connectivity index (χ0v) is 11.5. The highest BCUT2D eigenvalue weighted by molar-refractivity contribution is 5.82. The molecule has 0 saturated heterocycles. The summed E-state index contributed by atoms with van der Waals surface area (Å²) in [6, 6.07) is 15.4. The van der Waals surface area contributed by atoms with Crippen molar-refractivity contribution in [1.82, 2.24) is 0 Å². The van der Waals surface area contributed by atoms with Crippen LogP contribution in [-0.2, 0) is 0 Å². The van der Waals surface area contributed by atoms with Crippen LogP contribution in [0.25, 0.3) is 0 Å². The van der Waals surface area contributed by atoms with Crippen LogP contribution in [0, 0.1) is 0 Å². The number of ether oxygens (including phenoxy) is 2. The van der Waals surface area contributed by atoms with E-state index >= 15 is 0 Å². The third-order valence-corrected chi connectivity index (χ3v) is 2.68. The van der Waals surface area contributed by atoms with Crippen LogP contribution in [-0.4, -0.2) is 19.9 Å². The summed E-state index contributed by atoms with van der Waals surface area (Å²) in [6.07, 6.45) is 3.54. The van der Waals surface area contributed by atoms with Gasteiger partial charge in [-0.05, 0) is 54.1 Å². The summed E-state index contributed by atoms with van der Waals surface area (Å²) in [5, 5.41) is 0. The molecule has 0 fully saturated rings. The van der Waals surface area contributed by atoms with Crippen LogP contribution in [0.5, 0.6) is 11.5 Å². The third kappa shape index (κ3) is 3.99. The summed E-state index contributed by atoms with van der Waals surface area (Å²) in [6.45, 7) is 4.13. The Morgan fingerprint density at radius 2 is 1.65 bits per heavy atom. The lowest BCUT2D eigenvalue weighted by molar-refractivity contribution is 0.363. The van der Waals surface area contributed by atoms with Crippen molar-refractivity contribution in [3.63, 3.8) is 0 Å². The largest absolute Gasteiger partial charge is 0.497 e. The van der Waals surface area contributed by atoms with E-state index in [1.165, 1.54) is 0 Å². The Balaban J connectivity index is 2.01. The minimum absolute atomic E-state index is 0.513. The van der Waals surface area contributed by atoms with Gasteiger partial charge in [-0.2, -0.15) is 0 Å². The number of hydrogen-bond donors (Lipinski definition) is 0. The molecule has 0 aliphatic carbocycles. The van der Waals surface area contributed by atoms with Crippen LogP contribution < -0.4 is 9.47 Å². The van der Waals surface area contributed by atoms with Crippen LogP contribution in [0.4, 0.5) is 5.69 Å². The van der Waals surface area contributed by atoms with E-state index < -0.39 is 0 Å². The van der Waals surface area contributed by atoms with Gasteiger partial charge < -0.3 is 9.47 Å². The van der Waals surface area contributed by atoms with Crippen molar-refractivity contribution in [2.75, 3.05) is 13.7 Å². The molecule has 0 unspecified atom stereocenters. The van der Waals surface area contributed by atoms with Crippen LogP contribution in [0.2, 0.25) is 0 Å². The molecule has 2 aromatic carbocycles. The van der Waals surface area contributed by atoms with E-state index in [9.17, 15) is 0 Å². The van der Waals surface area contributed by atoms with Crippen LogP contribution >= 0.6 is 0 Å². The standard InChI is InChI=1S/C17H17NO2/c1-3-12-20-17-8-4-14(5-9-17)13-18-15-6-10-16(19-2)11-7-15/h3-11,13H,1,12H2,2H3. The average molecular weight is 267 g/mol. The summed E-state index contributed by atoms with van der Waals surface area (Å²) in [5.74, 6) is 1.65. The SMILES string of the molecule is C=CCOc1ccc(C=Nc2ccc(OC)cc2)cc1. The first-order valence-electron chi connectivity index (χ1n) is 6.33. The van der Waals surface area contributed by atoms with Crippen molar-refractivity contribution in [2.45, 2.75) is 0 Å². The van der Waals surface area contributed by atoms with Crippen molar-refractivity contribution in [3.05, 3.63) is 66.7 Å². The Hall–Kier alpha value is -2.55. The molecule has 0 bridgehead atoms. The number of methoxy groups -OCH3 is 1. The first-order valence-corrected chi connectivity index (χ1v) is 6.33. The lowest BCUT2D eigenvalue weighted by atomic mass is 10.2. The molecule has 0 radical (unpaired) electrons. The number of benzene rings is 2. The minimum Gasteiger partial charge on any atom is -0.497 e. The van der Waals surface area contributed by atoms with Gasteiger partial charge in [0.05, 0.1) is 12.8 Å². The molecule has 0 aliphatic heterocycles. The second-order valence-electron chi connectivity index (χ2n) is 4.12. The molecular formula is C17H17NO2. The van der Waals surface area contributed by atoms with Gasteiger partial charge in [-0.3, -0.25) is 4.99 Å². The molecule has 0 aromatic heterocycles. The maximum absolute atomic E-state index is 5.42. The van der Waals surface area contributed by atoms with E-state index in [4.69, 9.17) is 9.47 Å². The maximum atomic E-state index is 5.42. The second-order valence-corrected chi connectivity index (χ2v) is 4.12. The number of hydrogen-bond acceptors (Lipinski definition) is 3. The quantitative estimate of drug-likeness (QED) is 0.585. The van der Waals surface area contributed by atoms with Crippen molar-refractivity contribution in [1.29, 1.82) is 0 Å². The van der Waals surface area contributed by atoms with Gasteiger partial charge in [0, 0.05) is 6.21 Å². The van der Waals surface area contributed by atoms with E-state index in [-0.39, 0.29) is 0 Å². The van der Waals surface area contributed by atoms with Gasteiger partial charge in [0.1, 0.15) is 18.1 Å². The Labute approximate surface area is 119 Å². The van der Waals surface area contributed by atoms with E-state index in [1.54, 1.807) is 13.2 Å². The molecule has 3 heteroatoms. The Bertz CT molecular complexity index is 571. The van der Waals surface area contributed by atoms with Crippen molar-refractivity contribution >= 4 is 11.9 Å². The molecule has 20 heavy (non-hydrogen) atoms. The van der Waals surface area contributed by atoms with E-state index in [1.807, 2.05) is 54.7 Å². The Morgan fingerprint density at radius 1 is 1.00 bits per heavy atom. The lowest BCUT2D eigenvalue weighted by Crippen LogP contribution is -1.92. The lowest BCUT2D eigenvalue weighted by Gasteiger charge is -2.02. The van der Waals surface area contributed by atoms with Gasteiger partial charge in [-0.15, -0.1) is 0 Å². The number of rotatable bonds is 6. The predicted molar refractivity (Wildman–Crippen MR) is 82.4 cm³/mol. The Morgan fingerprint density at radius 3 is 2.25 bits per heavy atom. The van der Waals surface area contributed by atoms with Gasteiger partial charge in [-0.25, -0.2) is 0 Å². The number of aliphatic imine (C=N–C) groups is 1. The normalized spacial score (nSPS) is 10.4. The zero-order chi connectivity index (χ0) is 14.2. The van der Waals surface area contributed by atoms with E-state index in [0.29, 0.717) is 6.61 Å². The molecule has 0 N–H and O–H groups in total. The highest BCUT2D eigenvalue weighted by Crippen LogP contribution is 2.18. The highest BCUT2D eigenvalue weighted by Gasteiger charge is 1.94. The summed E-state index contributed by atoms with van der Waals surface area (Å²) in [7, 11) is 1.65. The predicted octanol–water partition coefficient (Wildman–Crippen LogP) is 4.01.